The zero-order chi connectivity index (χ0) is 18.1. The number of amides is 1. The molecule has 2 aromatic heterocycles. The molecule has 0 radical (unpaired) electrons. The molecule has 0 saturated heterocycles. The van der Waals surface area contributed by atoms with Crippen LogP contribution < -0.4 is 5.32 Å². The highest BCUT2D eigenvalue weighted by Crippen LogP contribution is 2.31. The number of nitrogens with zero attached hydrogens (tertiary/aromatic N) is 1. The molecule has 130 valence electrons. The van der Waals surface area contributed by atoms with Gasteiger partial charge in [0.25, 0.3) is 5.91 Å². The number of carbonyl (C=O) groups is 1. The summed E-state index contributed by atoms with van der Waals surface area (Å²) in [4.78, 5) is 16.7. The van der Waals surface area contributed by atoms with Crippen LogP contribution >= 0.6 is 22.9 Å². The molecular formula is C19H12ClFN2O2S. The van der Waals surface area contributed by atoms with Gasteiger partial charge in [-0.25, -0.2) is 9.37 Å². The lowest BCUT2D eigenvalue weighted by Crippen LogP contribution is -2.22. The second-order valence-electron chi connectivity index (χ2n) is 5.56. The monoisotopic (exact) mass is 386 g/mol. The van der Waals surface area contributed by atoms with Crippen molar-refractivity contribution in [3.8, 4) is 10.8 Å². The second kappa shape index (κ2) is 6.90. The molecule has 0 atom stereocenters. The predicted octanol–water partition coefficient (Wildman–Crippen LogP) is 5.28. The highest BCUT2D eigenvalue weighted by Gasteiger charge is 2.13. The molecule has 0 aliphatic heterocycles. The molecule has 0 bridgehead atoms. The first-order valence-corrected chi connectivity index (χ1v) is 8.97. The van der Waals surface area contributed by atoms with Crippen LogP contribution in [0.4, 0.5) is 4.39 Å². The number of furan rings is 1. The van der Waals surface area contributed by atoms with Crippen LogP contribution in [0.15, 0.2) is 59.0 Å². The van der Waals surface area contributed by atoms with E-state index in [1.54, 1.807) is 17.4 Å². The Morgan fingerprint density at radius 2 is 2.04 bits per heavy atom. The van der Waals surface area contributed by atoms with Crippen LogP contribution in [0.2, 0.25) is 5.02 Å². The predicted molar refractivity (Wildman–Crippen MR) is 99.9 cm³/mol. The zero-order valence-corrected chi connectivity index (χ0v) is 14.9. The van der Waals surface area contributed by atoms with Crippen molar-refractivity contribution >= 4 is 39.1 Å². The van der Waals surface area contributed by atoms with E-state index in [9.17, 15) is 9.18 Å². The molecule has 26 heavy (non-hydrogen) atoms. The molecule has 0 aliphatic carbocycles. The Morgan fingerprint density at radius 1 is 1.19 bits per heavy atom. The van der Waals surface area contributed by atoms with E-state index in [1.165, 1.54) is 12.1 Å². The van der Waals surface area contributed by atoms with Crippen molar-refractivity contribution in [3.63, 3.8) is 0 Å². The number of halogens is 2. The Hall–Kier alpha value is -2.70. The summed E-state index contributed by atoms with van der Waals surface area (Å²) in [5.74, 6) is 0.354. The van der Waals surface area contributed by atoms with Gasteiger partial charge in [0.2, 0.25) is 0 Å². The number of para-hydroxylation sites is 1. The Morgan fingerprint density at radius 3 is 2.85 bits per heavy atom. The van der Waals surface area contributed by atoms with Crippen molar-refractivity contribution in [2.24, 2.45) is 0 Å². The summed E-state index contributed by atoms with van der Waals surface area (Å²) < 4.78 is 19.9. The number of thiazole rings is 1. The third-order valence-corrected chi connectivity index (χ3v) is 5.13. The first-order chi connectivity index (χ1) is 12.6. The minimum absolute atomic E-state index is 0.0668. The minimum atomic E-state index is -0.488. The highest BCUT2D eigenvalue weighted by atomic mass is 35.5. The fourth-order valence-electron chi connectivity index (χ4n) is 2.50. The van der Waals surface area contributed by atoms with E-state index >= 15 is 0 Å². The number of benzene rings is 2. The van der Waals surface area contributed by atoms with Gasteiger partial charge in [-0.2, -0.15) is 0 Å². The smallest absolute Gasteiger partial charge is 0.253 e. The number of fused-ring (bicyclic) bond motifs is 1. The van der Waals surface area contributed by atoms with Gasteiger partial charge < -0.3 is 9.73 Å². The van der Waals surface area contributed by atoms with Crippen LogP contribution in [0.5, 0.6) is 0 Å². The number of hydrogen-bond donors (Lipinski definition) is 1. The van der Waals surface area contributed by atoms with E-state index in [4.69, 9.17) is 16.0 Å². The maximum atomic E-state index is 13.1. The topological polar surface area (TPSA) is 55.1 Å². The molecule has 2 aromatic carbocycles. The minimum Gasteiger partial charge on any atom is -0.457 e. The average Bonchev–Trinajstić information content (AvgIpc) is 3.26. The molecule has 2 heterocycles. The molecule has 4 aromatic rings. The fraction of sp³-hybridized carbons (Fsp3) is 0.0526. The molecule has 0 spiro atoms. The fourth-order valence-corrected chi connectivity index (χ4v) is 3.68. The van der Waals surface area contributed by atoms with Crippen molar-refractivity contribution in [2.45, 2.75) is 6.54 Å². The first-order valence-electron chi connectivity index (χ1n) is 7.78. The molecule has 0 unspecified atom stereocenters. The summed E-state index contributed by atoms with van der Waals surface area (Å²) in [5.41, 5.74) is 1.13. The van der Waals surface area contributed by atoms with Gasteiger partial charge in [-0.15, -0.1) is 11.3 Å². The van der Waals surface area contributed by atoms with Crippen LogP contribution in [-0.2, 0) is 6.54 Å². The van der Waals surface area contributed by atoms with Crippen molar-refractivity contribution in [1.29, 1.82) is 0 Å². The van der Waals surface area contributed by atoms with Gasteiger partial charge in [0.05, 0.1) is 27.3 Å². The average molecular weight is 387 g/mol. The molecule has 1 amide bonds. The van der Waals surface area contributed by atoms with E-state index < -0.39 is 11.7 Å². The Labute approximate surface area is 157 Å². The normalized spacial score (nSPS) is 11.0. The Kier molecular flexibility index (Phi) is 4.44. The highest BCUT2D eigenvalue weighted by molar-refractivity contribution is 7.21. The van der Waals surface area contributed by atoms with Gasteiger partial charge in [0, 0.05) is 0 Å². The number of carbonyl (C=O) groups excluding carboxylic acids is 1. The van der Waals surface area contributed by atoms with Gasteiger partial charge in [-0.05, 0) is 42.5 Å². The number of hydrogen-bond acceptors (Lipinski definition) is 4. The van der Waals surface area contributed by atoms with E-state index in [1.807, 2.05) is 30.3 Å². The van der Waals surface area contributed by atoms with E-state index in [2.05, 4.69) is 10.3 Å². The van der Waals surface area contributed by atoms with Gasteiger partial charge in [0.15, 0.2) is 10.8 Å². The first kappa shape index (κ1) is 16.8. The van der Waals surface area contributed by atoms with Crippen LogP contribution in [0.3, 0.4) is 0 Å². The van der Waals surface area contributed by atoms with Crippen molar-refractivity contribution in [1.82, 2.24) is 10.3 Å². The Bertz CT molecular complexity index is 1070. The van der Waals surface area contributed by atoms with Gasteiger partial charge in [-0.1, -0.05) is 23.7 Å². The molecular weight excluding hydrogens is 375 g/mol. The zero-order valence-electron chi connectivity index (χ0n) is 13.3. The maximum Gasteiger partial charge on any atom is 0.253 e. The summed E-state index contributed by atoms with van der Waals surface area (Å²) in [6, 6.07) is 15.1. The number of aromatic nitrogens is 1. The van der Waals surface area contributed by atoms with Crippen molar-refractivity contribution in [3.05, 3.63) is 76.8 Å². The van der Waals surface area contributed by atoms with Crippen molar-refractivity contribution in [2.75, 3.05) is 0 Å². The summed E-state index contributed by atoms with van der Waals surface area (Å²) in [6.45, 7) is 0.192. The molecule has 0 aliphatic rings. The molecule has 7 heteroatoms. The summed E-state index contributed by atoms with van der Waals surface area (Å²) in [7, 11) is 0. The third kappa shape index (κ3) is 3.34. The number of nitrogens with one attached hydrogen (secondary N) is 1. The summed E-state index contributed by atoms with van der Waals surface area (Å²) in [5, 5.41) is 3.56. The van der Waals surface area contributed by atoms with E-state index in [0.29, 0.717) is 11.5 Å². The quantitative estimate of drug-likeness (QED) is 0.519. The lowest BCUT2D eigenvalue weighted by molar-refractivity contribution is 0.0948. The SMILES string of the molecule is O=C(NCc1ccc(-c2nc3ccccc3s2)o1)c1ccc(F)cc1Cl. The van der Waals surface area contributed by atoms with Crippen LogP contribution in [-0.4, -0.2) is 10.9 Å². The lowest BCUT2D eigenvalue weighted by atomic mass is 10.2. The van der Waals surface area contributed by atoms with Gasteiger partial charge in [-0.3, -0.25) is 4.79 Å². The van der Waals surface area contributed by atoms with Crippen LogP contribution in [0.25, 0.3) is 21.0 Å². The second-order valence-corrected chi connectivity index (χ2v) is 7.00. The molecule has 0 saturated carbocycles. The third-order valence-electron chi connectivity index (χ3n) is 3.77. The molecule has 0 fully saturated rings. The van der Waals surface area contributed by atoms with Crippen LogP contribution in [0.1, 0.15) is 16.1 Å². The van der Waals surface area contributed by atoms with Gasteiger partial charge >= 0.3 is 0 Å². The summed E-state index contributed by atoms with van der Waals surface area (Å²) in [6.07, 6.45) is 0. The van der Waals surface area contributed by atoms with Gasteiger partial charge in [0.1, 0.15) is 11.6 Å². The lowest BCUT2D eigenvalue weighted by Gasteiger charge is -2.05. The van der Waals surface area contributed by atoms with Crippen molar-refractivity contribution < 1.29 is 13.6 Å². The maximum absolute atomic E-state index is 13.1. The molecule has 4 nitrogen and oxygen atoms in total. The standard InChI is InChI=1S/C19H12ClFN2O2S/c20-14-9-11(21)5-7-13(14)18(24)22-10-12-6-8-16(25-12)19-23-15-3-1-2-4-17(15)26-19/h1-9H,10H2,(H,22,24). The molecule has 4 rings (SSSR count). The molecule has 1 N–H and O–H groups in total. The van der Waals surface area contributed by atoms with E-state index in [0.717, 1.165) is 21.3 Å². The number of rotatable bonds is 4. The largest absolute Gasteiger partial charge is 0.457 e. The Balaban J connectivity index is 1.47. The van der Waals surface area contributed by atoms with E-state index in [-0.39, 0.29) is 17.1 Å². The van der Waals surface area contributed by atoms with Crippen LogP contribution in [0, 0.1) is 5.82 Å². The summed E-state index contributed by atoms with van der Waals surface area (Å²) >= 11 is 7.44.